The van der Waals surface area contributed by atoms with E-state index in [9.17, 15) is 9.18 Å². The summed E-state index contributed by atoms with van der Waals surface area (Å²) in [6.45, 7) is 1.78. The van der Waals surface area contributed by atoms with Crippen LogP contribution in [-0.4, -0.2) is 31.8 Å². The van der Waals surface area contributed by atoms with Crippen molar-refractivity contribution in [2.45, 2.75) is 25.6 Å². The van der Waals surface area contributed by atoms with E-state index in [1.165, 1.54) is 14.0 Å². The van der Waals surface area contributed by atoms with E-state index in [1.807, 2.05) is 6.07 Å². The molecule has 0 spiro atoms. The highest BCUT2D eigenvalue weighted by atomic mass is 19.1. The van der Waals surface area contributed by atoms with E-state index in [0.717, 1.165) is 0 Å². The zero-order valence-corrected chi connectivity index (χ0v) is 10.2. The average Bonchev–Trinajstić information content (AvgIpc) is 2.29. The maximum absolute atomic E-state index is 12.9. The van der Waals surface area contributed by atoms with Crippen LogP contribution in [0.1, 0.15) is 23.7 Å². The summed E-state index contributed by atoms with van der Waals surface area (Å²) in [7, 11) is 1.53. The molecule has 0 fully saturated rings. The van der Waals surface area contributed by atoms with Crippen molar-refractivity contribution in [1.29, 1.82) is 0 Å². The van der Waals surface area contributed by atoms with Crippen LogP contribution in [0.4, 0.5) is 4.39 Å². The fourth-order valence-electron chi connectivity index (χ4n) is 1.62. The van der Waals surface area contributed by atoms with Crippen molar-refractivity contribution in [1.82, 2.24) is 5.32 Å². The Morgan fingerprint density at radius 3 is 2.59 bits per heavy atom. The van der Waals surface area contributed by atoms with E-state index < -0.39 is 6.17 Å². The van der Waals surface area contributed by atoms with Gasteiger partial charge in [0.15, 0.2) is 0 Å². The van der Waals surface area contributed by atoms with Crippen molar-refractivity contribution < 1.29 is 13.9 Å². The molecule has 1 amide bonds. The second-order valence-corrected chi connectivity index (χ2v) is 4.01. The van der Waals surface area contributed by atoms with Gasteiger partial charge in [-0.05, 0) is 19.1 Å². The first kappa shape index (κ1) is 13.6. The molecule has 0 bridgehead atoms. The molecule has 0 aliphatic heterocycles. The van der Waals surface area contributed by atoms with Crippen LogP contribution in [0.5, 0.6) is 0 Å². The van der Waals surface area contributed by atoms with E-state index in [0.29, 0.717) is 12.2 Å². The third-order valence-corrected chi connectivity index (χ3v) is 2.35. The predicted octanol–water partition coefficient (Wildman–Crippen LogP) is 2.18. The van der Waals surface area contributed by atoms with Crippen LogP contribution < -0.4 is 5.32 Å². The molecule has 2 atom stereocenters. The average molecular weight is 239 g/mol. The molecule has 0 heterocycles. The minimum atomic E-state index is -0.966. The highest BCUT2D eigenvalue weighted by Gasteiger charge is 2.16. The molecule has 0 radical (unpaired) electrons. The molecule has 0 saturated carbocycles. The summed E-state index contributed by atoms with van der Waals surface area (Å²) in [5.41, 5.74) is 0.570. The Morgan fingerprint density at radius 1 is 1.41 bits per heavy atom. The van der Waals surface area contributed by atoms with Crippen molar-refractivity contribution in [2.75, 3.05) is 13.7 Å². The van der Waals surface area contributed by atoms with E-state index in [-0.39, 0.29) is 18.4 Å². The van der Waals surface area contributed by atoms with Gasteiger partial charge in [-0.1, -0.05) is 18.2 Å². The van der Waals surface area contributed by atoms with Crippen molar-refractivity contribution in [2.24, 2.45) is 0 Å². The molecular weight excluding hydrogens is 221 g/mol. The Kier molecular flexibility index (Phi) is 5.63. The van der Waals surface area contributed by atoms with E-state index in [1.54, 1.807) is 24.3 Å². The highest BCUT2D eigenvalue weighted by Crippen LogP contribution is 2.05. The van der Waals surface area contributed by atoms with Crippen LogP contribution in [0.15, 0.2) is 30.3 Å². The highest BCUT2D eigenvalue weighted by molar-refractivity contribution is 5.94. The third kappa shape index (κ3) is 4.95. The summed E-state index contributed by atoms with van der Waals surface area (Å²) >= 11 is 0. The molecule has 0 aliphatic rings. The fourth-order valence-corrected chi connectivity index (χ4v) is 1.62. The van der Waals surface area contributed by atoms with E-state index >= 15 is 0 Å². The summed E-state index contributed by atoms with van der Waals surface area (Å²) in [5.74, 6) is -0.201. The van der Waals surface area contributed by atoms with Gasteiger partial charge in [-0.2, -0.15) is 0 Å². The number of hydrogen-bond donors (Lipinski definition) is 1. The van der Waals surface area contributed by atoms with Crippen LogP contribution >= 0.6 is 0 Å². The normalized spacial score (nSPS) is 14.1. The smallest absolute Gasteiger partial charge is 0.251 e. The van der Waals surface area contributed by atoms with Gasteiger partial charge in [-0.15, -0.1) is 0 Å². The van der Waals surface area contributed by atoms with Crippen LogP contribution in [0.3, 0.4) is 0 Å². The number of rotatable bonds is 6. The first-order chi connectivity index (χ1) is 8.13. The maximum Gasteiger partial charge on any atom is 0.251 e. The fraction of sp³-hybridized carbons (Fsp3) is 0.462. The second kappa shape index (κ2) is 7.01. The van der Waals surface area contributed by atoms with Crippen molar-refractivity contribution >= 4 is 5.91 Å². The van der Waals surface area contributed by atoms with Gasteiger partial charge in [0.05, 0.1) is 18.8 Å². The third-order valence-electron chi connectivity index (χ3n) is 2.35. The van der Waals surface area contributed by atoms with Gasteiger partial charge in [0, 0.05) is 19.1 Å². The summed E-state index contributed by atoms with van der Waals surface area (Å²) in [6, 6.07) is 8.56. The molecule has 1 aromatic carbocycles. The minimum Gasteiger partial charge on any atom is -0.383 e. The maximum atomic E-state index is 12.9. The number of hydrogen-bond acceptors (Lipinski definition) is 2. The van der Waals surface area contributed by atoms with Gasteiger partial charge >= 0.3 is 0 Å². The van der Waals surface area contributed by atoms with Crippen molar-refractivity contribution in [3.05, 3.63) is 35.9 Å². The quantitative estimate of drug-likeness (QED) is 0.826. The number of nitrogens with one attached hydrogen (secondary N) is 1. The summed E-state index contributed by atoms with van der Waals surface area (Å²) in [6.07, 6.45) is -0.710. The molecule has 1 aromatic rings. The lowest BCUT2D eigenvalue weighted by atomic mass is 10.1. The number of alkyl halides is 1. The van der Waals surface area contributed by atoms with Crippen molar-refractivity contribution in [3.8, 4) is 0 Å². The predicted molar refractivity (Wildman–Crippen MR) is 64.8 cm³/mol. The van der Waals surface area contributed by atoms with Gasteiger partial charge in [0.2, 0.25) is 0 Å². The number of carbonyl (C=O) groups excluding carboxylic acids is 1. The Hall–Kier alpha value is -1.42. The Balaban J connectivity index is 2.57. The van der Waals surface area contributed by atoms with Crippen molar-refractivity contribution in [3.63, 3.8) is 0 Å². The van der Waals surface area contributed by atoms with Gasteiger partial charge < -0.3 is 10.1 Å². The number of halogens is 1. The van der Waals surface area contributed by atoms with Gasteiger partial charge in [0.1, 0.15) is 0 Å². The van der Waals surface area contributed by atoms with Crippen LogP contribution in [-0.2, 0) is 4.74 Å². The number of methoxy groups -OCH3 is 1. The molecule has 94 valence electrons. The topological polar surface area (TPSA) is 38.3 Å². The van der Waals surface area contributed by atoms with Crippen LogP contribution in [0.2, 0.25) is 0 Å². The largest absolute Gasteiger partial charge is 0.383 e. The number of carbonyl (C=O) groups is 1. The van der Waals surface area contributed by atoms with E-state index in [2.05, 4.69) is 5.32 Å². The lowest BCUT2D eigenvalue weighted by Gasteiger charge is -2.18. The SMILES string of the molecule is COCC(CC(C)F)NC(=O)c1ccccc1. The Bertz CT molecular complexity index is 341. The van der Waals surface area contributed by atoms with Crippen LogP contribution in [0.25, 0.3) is 0 Å². The molecule has 0 aliphatic carbocycles. The molecule has 2 unspecified atom stereocenters. The summed E-state index contributed by atoms with van der Waals surface area (Å²) < 4.78 is 17.9. The van der Waals surface area contributed by atoms with Gasteiger partial charge in [0.25, 0.3) is 5.91 Å². The van der Waals surface area contributed by atoms with E-state index in [4.69, 9.17) is 4.74 Å². The molecule has 0 saturated heterocycles. The summed E-state index contributed by atoms with van der Waals surface area (Å²) in [4.78, 5) is 11.8. The molecule has 3 nitrogen and oxygen atoms in total. The van der Waals surface area contributed by atoms with Gasteiger partial charge in [-0.3, -0.25) is 4.79 Å². The van der Waals surface area contributed by atoms with Crippen LogP contribution in [0, 0.1) is 0 Å². The molecule has 4 heteroatoms. The molecule has 1 N–H and O–H groups in total. The zero-order chi connectivity index (χ0) is 12.7. The standard InChI is InChI=1S/C13H18FNO2/c1-10(14)8-12(9-17-2)15-13(16)11-6-4-3-5-7-11/h3-7,10,12H,8-9H2,1-2H3,(H,15,16). The molecular formula is C13H18FNO2. The summed E-state index contributed by atoms with van der Waals surface area (Å²) in [5, 5.41) is 2.76. The minimum absolute atomic E-state index is 0.201. The monoisotopic (exact) mass is 239 g/mol. The second-order valence-electron chi connectivity index (χ2n) is 4.01. The number of ether oxygens (including phenoxy) is 1. The molecule has 17 heavy (non-hydrogen) atoms. The first-order valence-corrected chi connectivity index (χ1v) is 5.62. The Morgan fingerprint density at radius 2 is 2.06 bits per heavy atom. The first-order valence-electron chi connectivity index (χ1n) is 5.62. The zero-order valence-electron chi connectivity index (χ0n) is 10.2. The number of amides is 1. The number of benzene rings is 1. The Labute approximate surface area is 101 Å². The van der Waals surface area contributed by atoms with Gasteiger partial charge in [-0.25, -0.2) is 4.39 Å². The molecule has 1 rings (SSSR count). The lowest BCUT2D eigenvalue weighted by Crippen LogP contribution is -2.39. The molecule has 0 aromatic heterocycles. The lowest BCUT2D eigenvalue weighted by molar-refractivity contribution is 0.0876.